The Kier molecular flexibility index (Phi) is 5.59. The van der Waals surface area contributed by atoms with Crippen LogP contribution in [0.25, 0.3) is 0 Å². The lowest BCUT2D eigenvalue weighted by atomic mass is 10.0. The lowest BCUT2D eigenvalue weighted by Crippen LogP contribution is -2.42. The van der Waals surface area contributed by atoms with Gasteiger partial charge in [-0.25, -0.2) is 0 Å². The van der Waals surface area contributed by atoms with Crippen LogP contribution in [0.5, 0.6) is 0 Å². The lowest BCUT2D eigenvalue weighted by Gasteiger charge is -2.19. The van der Waals surface area contributed by atoms with Gasteiger partial charge >= 0.3 is 6.18 Å². The molecular formula is C11H18F3N3O2. The summed E-state index contributed by atoms with van der Waals surface area (Å²) in [6.07, 6.45) is -3.22. The van der Waals surface area contributed by atoms with E-state index in [9.17, 15) is 22.8 Å². The number of alkyl halides is 3. The van der Waals surface area contributed by atoms with Crippen LogP contribution in [0.2, 0.25) is 0 Å². The van der Waals surface area contributed by atoms with Gasteiger partial charge in [0.25, 0.3) is 0 Å². The van der Waals surface area contributed by atoms with Crippen LogP contribution in [-0.2, 0) is 9.59 Å². The van der Waals surface area contributed by atoms with Gasteiger partial charge in [-0.2, -0.15) is 13.2 Å². The first-order valence-electron chi connectivity index (χ1n) is 6.06. The van der Waals surface area contributed by atoms with Gasteiger partial charge in [-0.1, -0.05) is 0 Å². The maximum Gasteiger partial charge on any atom is 0.405 e. The Bertz CT molecular complexity index is 328. The van der Waals surface area contributed by atoms with E-state index in [0.717, 1.165) is 24.4 Å². The highest BCUT2D eigenvalue weighted by Crippen LogP contribution is 2.13. The molecule has 0 saturated carbocycles. The Hall–Kier alpha value is -1.31. The summed E-state index contributed by atoms with van der Waals surface area (Å²) >= 11 is 0. The molecule has 0 spiro atoms. The zero-order valence-electron chi connectivity index (χ0n) is 10.7. The smallest absolute Gasteiger partial charge is 0.345 e. The number of hydrogen-bond acceptors (Lipinski definition) is 3. The summed E-state index contributed by atoms with van der Waals surface area (Å²) in [5.74, 6) is -0.790. The molecule has 1 rings (SSSR count). The van der Waals surface area contributed by atoms with Gasteiger partial charge < -0.3 is 15.5 Å². The fourth-order valence-electron chi connectivity index (χ4n) is 1.85. The molecule has 2 N–H and O–H groups in total. The lowest BCUT2D eigenvalue weighted by molar-refractivity contribution is -0.141. The predicted molar refractivity (Wildman–Crippen MR) is 62.3 cm³/mol. The zero-order valence-corrected chi connectivity index (χ0v) is 10.7. The molecule has 0 radical (unpaired) electrons. The molecule has 1 heterocycles. The van der Waals surface area contributed by atoms with E-state index in [2.05, 4.69) is 5.32 Å². The van der Waals surface area contributed by atoms with E-state index in [1.165, 1.54) is 7.05 Å². The van der Waals surface area contributed by atoms with Crippen LogP contribution in [-0.4, -0.2) is 56.1 Å². The highest BCUT2D eigenvalue weighted by atomic mass is 19.4. The number of carbonyl (C=O) groups excluding carboxylic acids is 2. The quantitative estimate of drug-likeness (QED) is 0.752. The van der Waals surface area contributed by atoms with Crippen molar-refractivity contribution in [2.75, 3.05) is 33.2 Å². The van der Waals surface area contributed by atoms with E-state index in [1.54, 1.807) is 5.32 Å². The molecule has 110 valence electrons. The Morgan fingerprint density at radius 3 is 2.63 bits per heavy atom. The highest BCUT2D eigenvalue weighted by Gasteiger charge is 2.28. The van der Waals surface area contributed by atoms with Gasteiger partial charge in [-0.15, -0.1) is 0 Å². The Morgan fingerprint density at radius 1 is 1.42 bits per heavy atom. The first-order chi connectivity index (χ1) is 8.78. The van der Waals surface area contributed by atoms with Gasteiger partial charge in [-0.05, 0) is 25.4 Å². The number of amides is 2. The van der Waals surface area contributed by atoms with Gasteiger partial charge in [0.15, 0.2) is 0 Å². The Morgan fingerprint density at radius 2 is 2.11 bits per heavy atom. The molecule has 2 amide bonds. The number of hydrogen-bond donors (Lipinski definition) is 2. The topological polar surface area (TPSA) is 61.4 Å². The molecule has 1 fully saturated rings. The Balaban J connectivity index is 2.26. The summed E-state index contributed by atoms with van der Waals surface area (Å²) in [7, 11) is 1.41. The molecule has 1 aliphatic heterocycles. The molecule has 1 unspecified atom stereocenters. The first kappa shape index (κ1) is 15.7. The second-order valence-electron chi connectivity index (χ2n) is 4.70. The van der Waals surface area contributed by atoms with Crippen LogP contribution in [0, 0.1) is 5.92 Å². The summed E-state index contributed by atoms with van der Waals surface area (Å²) < 4.78 is 35.6. The summed E-state index contributed by atoms with van der Waals surface area (Å²) in [6.45, 7) is -0.0942. The van der Waals surface area contributed by atoms with Crippen molar-refractivity contribution in [3.8, 4) is 0 Å². The van der Waals surface area contributed by atoms with E-state index in [-0.39, 0.29) is 18.4 Å². The first-order valence-corrected chi connectivity index (χ1v) is 6.06. The number of rotatable bonds is 5. The average molecular weight is 281 g/mol. The number of halogens is 3. The minimum atomic E-state index is -4.44. The van der Waals surface area contributed by atoms with Crippen LogP contribution >= 0.6 is 0 Å². The van der Waals surface area contributed by atoms with Crippen LogP contribution < -0.4 is 10.6 Å². The standard InChI is InChI=1S/C11H18F3N3O2/c1-17(6-9(18)16-7-11(12,13)14)10(19)4-8-2-3-15-5-8/h8,15H,2-7H2,1H3,(H,16,18). The molecule has 5 nitrogen and oxygen atoms in total. The second kappa shape index (κ2) is 6.74. The van der Waals surface area contributed by atoms with Gasteiger partial charge in [-0.3, -0.25) is 9.59 Å². The third-order valence-corrected chi connectivity index (χ3v) is 2.92. The summed E-state index contributed by atoms with van der Waals surface area (Å²) in [4.78, 5) is 24.1. The third kappa shape index (κ3) is 6.42. The van der Waals surface area contributed by atoms with E-state index in [4.69, 9.17) is 0 Å². The summed E-state index contributed by atoms with van der Waals surface area (Å²) in [6, 6.07) is 0. The molecule has 1 aliphatic rings. The van der Waals surface area contributed by atoms with Crippen molar-refractivity contribution in [2.24, 2.45) is 5.92 Å². The van der Waals surface area contributed by atoms with E-state index in [1.807, 2.05) is 0 Å². The van der Waals surface area contributed by atoms with Crippen molar-refractivity contribution in [3.05, 3.63) is 0 Å². The highest BCUT2D eigenvalue weighted by molar-refractivity contribution is 5.84. The van der Waals surface area contributed by atoms with E-state index < -0.39 is 18.6 Å². The normalized spacial score (nSPS) is 19.3. The van der Waals surface area contributed by atoms with Gasteiger partial charge in [0.05, 0.1) is 6.54 Å². The van der Waals surface area contributed by atoms with E-state index in [0.29, 0.717) is 6.42 Å². The molecule has 0 aliphatic carbocycles. The van der Waals surface area contributed by atoms with Crippen LogP contribution in [0.15, 0.2) is 0 Å². The molecule has 0 aromatic carbocycles. The summed E-state index contributed by atoms with van der Waals surface area (Å²) in [5, 5.41) is 4.85. The molecular weight excluding hydrogens is 263 g/mol. The van der Waals surface area contributed by atoms with Gasteiger partial charge in [0, 0.05) is 13.5 Å². The molecule has 8 heteroatoms. The third-order valence-electron chi connectivity index (χ3n) is 2.92. The van der Waals surface area contributed by atoms with E-state index >= 15 is 0 Å². The molecule has 1 saturated heterocycles. The molecule has 0 bridgehead atoms. The average Bonchev–Trinajstić information content (AvgIpc) is 2.78. The SMILES string of the molecule is CN(CC(=O)NCC(F)(F)F)C(=O)CC1CCNC1. The largest absolute Gasteiger partial charge is 0.405 e. The van der Waals surface area contributed by atoms with Crippen molar-refractivity contribution in [1.29, 1.82) is 0 Å². The number of likely N-dealkylation sites (N-methyl/N-ethyl adjacent to an activating group) is 1. The van der Waals surface area contributed by atoms with Crippen molar-refractivity contribution in [3.63, 3.8) is 0 Å². The Labute approximate surface area is 109 Å². The van der Waals surface area contributed by atoms with Crippen LogP contribution in [0.4, 0.5) is 13.2 Å². The maximum absolute atomic E-state index is 11.9. The fraction of sp³-hybridized carbons (Fsp3) is 0.818. The van der Waals surface area contributed by atoms with Crippen molar-refractivity contribution in [1.82, 2.24) is 15.5 Å². The number of nitrogens with one attached hydrogen (secondary N) is 2. The molecule has 0 aromatic rings. The molecule has 0 aromatic heterocycles. The maximum atomic E-state index is 11.9. The molecule has 1 atom stereocenters. The summed E-state index contributed by atoms with van der Waals surface area (Å²) in [5.41, 5.74) is 0. The fourth-order valence-corrected chi connectivity index (χ4v) is 1.85. The number of nitrogens with zero attached hydrogens (tertiary/aromatic N) is 1. The molecule has 19 heavy (non-hydrogen) atoms. The number of carbonyl (C=O) groups is 2. The van der Waals surface area contributed by atoms with Crippen molar-refractivity contribution in [2.45, 2.75) is 19.0 Å². The van der Waals surface area contributed by atoms with Crippen LogP contribution in [0.3, 0.4) is 0 Å². The van der Waals surface area contributed by atoms with Crippen molar-refractivity contribution >= 4 is 11.8 Å². The van der Waals surface area contributed by atoms with Crippen molar-refractivity contribution < 1.29 is 22.8 Å². The monoisotopic (exact) mass is 281 g/mol. The van der Waals surface area contributed by atoms with Gasteiger partial charge in [0.2, 0.25) is 11.8 Å². The minimum Gasteiger partial charge on any atom is -0.345 e. The second-order valence-corrected chi connectivity index (χ2v) is 4.70. The predicted octanol–water partition coefficient (Wildman–Crippen LogP) is 0.123. The minimum absolute atomic E-state index is 0.226. The van der Waals surface area contributed by atoms with Crippen LogP contribution in [0.1, 0.15) is 12.8 Å². The van der Waals surface area contributed by atoms with Gasteiger partial charge in [0.1, 0.15) is 6.54 Å². The zero-order chi connectivity index (χ0) is 14.5.